The van der Waals surface area contributed by atoms with Gasteiger partial charge in [-0.05, 0) is 55.8 Å². The Morgan fingerprint density at radius 3 is 2.69 bits per heavy atom. The highest BCUT2D eigenvalue weighted by molar-refractivity contribution is 5.97. The molecule has 1 fully saturated rings. The van der Waals surface area contributed by atoms with Gasteiger partial charge in [0.25, 0.3) is 0 Å². The molecule has 0 saturated carbocycles. The summed E-state index contributed by atoms with van der Waals surface area (Å²) in [6.07, 6.45) is 11.2. The molecule has 0 spiro atoms. The highest BCUT2D eigenvalue weighted by Gasteiger charge is 2.13. The molecule has 1 N–H and O–H groups in total. The van der Waals surface area contributed by atoms with Gasteiger partial charge in [0.2, 0.25) is 5.56 Å². The van der Waals surface area contributed by atoms with Crippen LogP contribution in [0.5, 0.6) is 5.75 Å². The van der Waals surface area contributed by atoms with E-state index in [1.807, 2.05) is 48.8 Å². The number of nitrogens with zero attached hydrogens (tertiary/aromatic N) is 5. The summed E-state index contributed by atoms with van der Waals surface area (Å²) in [6, 6.07) is 13.1. The summed E-state index contributed by atoms with van der Waals surface area (Å²) < 4.78 is 7.67. The van der Waals surface area contributed by atoms with Crippen molar-refractivity contribution < 1.29 is 4.74 Å². The zero-order valence-corrected chi connectivity index (χ0v) is 19.4. The molecule has 5 heterocycles. The van der Waals surface area contributed by atoms with Gasteiger partial charge >= 0.3 is 0 Å². The fraction of sp³-hybridized carbons (Fsp3) is 0.259. The molecule has 4 aromatic heterocycles. The van der Waals surface area contributed by atoms with Crippen LogP contribution < -0.4 is 10.3 Å². The molecule has 8 heteroatoms. The molecule has 1 saturated heterocycles. The summed E-state index contributed by atoms with van der Waals surface area (Å²) >= 11 is 0. The fourth-order valence-electron chi connectivity index (χ4n) is 4.73. The molecule has 0 atom stereocenters. The van der Waals surface area contributed by atoms with Gasteiger partial charge in [0.1, 0.15) is 12.4 Å². The Kier molecular flexibility index (Phi) is 5.71. The average Bonchev–Trinajstić information content (AvgIpc) is 3.32. The number of aromatic nitrogens is 5. The van der Waals surface area contributed by atoms with Gasteiger partial charge in [0.15, 0.2) is 5.65 Å². The Balaban J connectivity index is 1.21. The lowest BCUT2D eigenvalue weighted by molar-refractivity contribution is 0.183. The first-order chi connectivity index (χ1) is 17.2. The number of fused-ring (bicyclic) bond motifs is 2. The zero-order valence-electron chi connectivity index (χ0n) is 19.4. The first kappa shape index (κ1) is 21.5. The molecular weight excluding hydrogens is 440 g/mol. The summed E-state index contributed by atoms with van der Waals surface area (Å²) in [5.74, 6) is 0.773. The molecule has 0 aliphatic carbocycles. The largest absolute Gasteiger partial charge is 0.491 e. The molecule has 35 heavy (non-hydrogen) atoms. The lowest BCUT2D eigenvalue weighted by Gasteiger charge is -2.26. The topological polar surface area (TPSA) is 88.4 Å². The van der Waals surface area contributed by atoms with E-state index < -0.39 is 0 Å². The van der Waals surface area contributed by atoms with E-state index in [1.54, 1.807) is 16.9 Å². The monoisotopic (exact) mass is 466 g/mol. The second-order valence-electron chi connectivity index (χ2n) is 8.89. The molecule has 8 nitrogen and oxygen atoms in total. The fourth-order valence-corrected chi connectivity index (χ4v) is 4.73. The van der Waals surface area contributed by atoms with Gasteiger partial charge in [-0.15, -0.1) is 0 Å². The maximum absolute atomic E-state index is 11.7. The second kappa shape index (κ2) is 9.31. The molecule has 6 rings (SSSR count). The Bertz CT molecular complexity index is 1530. The minimum atomic E-state index is -0.122. The average molecular weight is 467 g/mol. The van der Waals surface area contributed by atoms with Crippen molar-refractivity contribution in [2.24, 2.45) is 0 Å². The van der Waals surface area contributed by atoms with Crippen molar-refractivity contribution in [3.05, 3.63) is 77.6 Å². The molecule has 0 bridgehead atoms. The first-order valence-electron chi connectivity index (χ1n) is 12.0. The van der Waals surface area contributed by atoms with E-state index in [-0.39, 0.29) is 5.56 Å². The van der Waals surface area contributed by atoms with Crippen LogP contribution in [0.4, 0.5) is 0 Å². The number of pyridine rings is 2. The van der Waals surface area contributed by atoms with Gasteiger partial charge in [-0.2, -0.15) is 5.10 Å². The first-order valence-corrected chi connectivity index (χ1v) is 12.0. The number of nitrogens with one attached hydrogen (secondary N) is 1. The van der Waals surface area contributed by atoms with Gasteiger partial charge in [0.05, 0.1) is 18.1 Å². The van der Waals surface area contributed by atoms with E-state index in [0.717, 1.165) is 51.2 Å². The standard InChI is InChI=1S/C27H26N6O2/c34-26-10-8-22-21(5-4-6-25(22)31-26)23-17-30-33-18-19(15-29-27(23)33)24-9-7-20(16-28-24)35-14-13-32-11-2-1-3-12-32/h4-10,15-18H,1-3,11-14H2,(H,31,34). The minimum absolute atomic E-state index is 0.122. The number of aromatic amines is 1. The van der Waals surface area contributed by atoms with Gasteiger partial charge in [0, 0.05) is 47.0 Å². The van der Waals surface area contributed by atoms with E-state index in [9.17, 15) is 4.79 Å². The minimum Gasteiger partial charge on any atom is -0.491 e. The molecule has 1 aliphatic rings. The highest BCUT2D eigenvalue weighted by Crippen LogP contribution is 2.30. The third-order valence-electron chi connectivity index (χ3n) is 6.57. The van der Waals surface area contributed by atoms with Gasteiger partial charge in [-0.3, -0.25) is 14.7 Å². The quantitative estimate of drug-likeness (QED) is 0.404. The number of hydrogen-bond acceptors (Lipinski definition) is 6. The van der Waals surface area contributed by atoms with E-state index >= 15 is 0 Å². The van der Waals surface area contributed by atoms with Crippen LogP contribution >= 0.6 is 0 Å². The van der Waals surface area contributed by atoms with Crippen molar-refractivity contribution >= 4 is 16.6 Å². The summed E-state index contributed by atoms with van der Waals surface area (Å²) in [7, 11) is 0. The van der Waals surface area contributed by atoms with Gasteiger partial charge < -0.3 is 9.72 Å². The molecular formula is C27H26N6O2. The van der Waals surface area contributed by atoms with Crippen molar-refractivity contribution in [1.29, 1.82) is 0 Å². The van der Waals surface area contributed by atoms with Crippen LogP contribution in [0.15, 0.2) is 72.0 Å². The van der Waals surface area contributed by atoms with Gasteiger partial charge in [-0.25, -0.2) is 9.50 Å². The lowest BCUT2D eigenvalue weighted by Crippen LogP contribution is -2.33. The van der Waals surface area contributed by atoms with E-state index in [0.29, 0.717) is 6.61 Å². The highest BCUT2D eigenvalue weighted by atomic mass is 16.5. The van der Waals surface area contributed by atoms with Crippen molar-refractivity contribution in [3.63, 3.8) is 0 Å². The van der Waals surface area contributed by atoms with Crippen LogP contribution in [0.1, 0.15) is 19.3 Å². The van der Waals surface area contributed by atoms with Crippen molar-refractivity contribution in [3.8, 4) is 28.1 Å². The lowest BCUT2D eigenvalue weighted by atomic mass is 10.0. The number of benzene rings is 1. The molecule has 5 aromatic rings. The van der Waals surface area contributed by atoms with E-state index in [2.05, 4.69) is 20.0 Å². The Labute approximate surface area is 202 Å². The predicted molar refractivity (Wildman–Crippen MR) is 136 cm³/mol. The predicted octanol–water partition coefficient (Wildman–Crippen LogP) is 4.16. The van der Waals surface area contributed by atoms with Crippen LogP contribution in [0.2, 0.25) is 0 Å². The maximum Gasteiger partial charge on any atom is 0.248 e. The van der Waals surface area contributed by atoms with Crippen LogP contribution in [0, 0.1) is 0 Å². The third kappa shape index (κ3) is 4.40. The van der Waals surface area contributed by atoms with E-state index in [4.69, 9.17) is 9.72 Å². The molecule has 0 radical (unpaired) electrons. The number of H-pyrrole nitrogens is 1. The van der Waals surface area contributed by atoms with Crippen molar-refractivity contribution in [1.82, 2.24) is 29.5 Å². The third-order valence-corrected chi connectivity index (χ3v) is 6.57. The number of rotatable bonds is 6. The second-order valence-corrected chi connectivity index (χ2v) is 8.89. The SMILES string of the molecule is O=c1ccc2c(-c3cnn4cc(-c5ccc(OCCN6CCCCC6)cn5)cnc34)cccc2[nH]1. The summed E-state index contributed by atoms with van der Waals surface area (Å²) in [5.41, 5.74) is 4.95. The van der Waals surface area contributed by atoms with Crippen molar-refractivity contribution in [2.75, 3.05) is 26.2 Å². The number of ether oxygens (including phenoxy) is 1. The molecule has 1 aromatic carbocycles. The van der Waals surface area contributed by atoms with Crippen molar-refractivity contribution in [2.45, 2.75) is 19.3 Å². The maximum atomic E-state index is 11.7. The summed E-state index contributed by atoms with van der Waals surface area (Å²) in [6.45, 7) is 3.97. The number of likely N-dealkylation sites (tertiary alicyclic amines) is 1. The Hall–Kier alpha value is -4.04. The Morgan fingerprint density at radius 1 is 0.914 bits per heavy atom. The van der Waals surface area contributed by atoms with E-state index in [1.165, 1.54) is 38.4 Å². The van der Waals surface area contributed by atoms with Gasteiger partial charge in [-0.1, -0.05) is 18.6 Å². The molecule has 1 aliphatic heterocycles. The molecule has 0 unspecified atom stereocenters. The van der Waals surface area contributed by atoms with Crippen LogP contribution in [0.25, 0.3) is 38.9 Å². The number of piperidine rings is 1. The van der Waals surface area contributed by atoms with Crippen LogP contribution in [-0.2, 0) is 0 Å². The Morgan fingerprint density at radius 2 is 1.83 bits per heavy atom. The zero-order chi connectivity index (χ0) is 23.6. The molecule has 176 valence electrons. The van der Waals surface area contributed by atoms with Crippen LogP contribution in [0.3, 0.4) is 0 Å². The summed E-state index contributed by atoms with van der Waals surface area (Å²) in [4.78, 5) is 26.3. The normalized spacial score (nSPS) is 14.5. The smallest absolute Gasteiger partial charge is 0.248 e. The summed E-state index contributed by atoms with van der Waals surface area (Å²) in [5, 5.41) is 5.48. The van der Waals surface area contributed by atoms with Crippen LogP contribution in [-0.4, -0.2) is 55.7 Å². The molecule has 0 amide bonds. The number of hydrogen-bond donors (Lipinski definition) is 1.